The van der Waals surface area contributed by atoms with Crippen molar-refractivity contribution in [2.45, 2.75) is 51.9 Å². The van der Waals surface area contributed by atoms with E-state index in [1.807, 2.05) is 25.7 Å². The number of amides is 1. The van der Waals surface area contributed by atoms with Crippen molar-refractivity contribution in [3.8, 4) is 0 Å². The summed E-state index contributed by atoms with van der Waals surface area (Å²) in [6, 6.07) is -0.340. The van der Waals surface area contributed by atoms with Crippen LogP contribution in [-0.2, 0) is 9.53 Å². The summed E-state index contributed by atoms with van der Waals surface area (Å²) in [5, 5.41) is 0. The van der Waals surface area contributed by atoms with Gasteiger partial charge in [0.15, 0.2) is 0 Å². The summed E-state index contributed by atoms with van der Waals surface area (Å²) in [5.74, 6) is 0.0684. The molecule has 1 fully saturated rings. The van der Waals surface area contributed by atoms with Gasteiger partial charge in [-0.05, 0) is 20.3 Å². The topological polar surface area (TPSA) is 55.6 Å². The number of morpholine rings is 1. The van der Waals surface area contributed by atoms with Crippen LogP contribution in [0.25, 0.3) is 0 Å². The van der Waals surface area contributed by atoms with E-state index in [4.69, 9.17) is 10.5 Å². The SMILES string of the molecule is CCCC(N)C(=O)N1CC(C)OC(C)C1. The Kier molecular flexibility index (Phi) is 4.54. The Morgan fingerprint density at radius 1 is 1.47 bits per heavy atom. The van der Waals surface area contributed by atoms with Gasteiger partial charge in [0, 0.05) is 13.1 Å². The average molecular weight is 214 g/mol. The van der Waals surface area contributed by atoms with Gasteiger partial charge in [-0.25, -0.2) is 0 Å². The molecule has 0 aromatic rings. The second kappa shape index (κ2) is 5.47. The summed E-state index contributed by atoms with van der Waals surface area (Å²) in [6.45, 7) is 7.35. The van der Waals surface area contributed by atoms with E-state index in [1.165, 1.54) is 0 Å². The van der Waals surface area contributed by atoms with E-state index < -0.39 is 0 Å². The van der Waals surface area contributed by atoms with Crippen molar-refractivity contribution >= 4 is 5.91 Å². The molecule has 0 aliphatic carbocycles. The molecule has 1 aliphatic heterocycles. The molecule has 1 amide bonds. The molecule has 0 radical (unpaired) electrons. The van der Waals surface area contributed by atoms with Crippen LogP contribution in [0, 0.1) is 0 Å². The van der Waals surface area contributed by atoms with Crippen molar-refractivity contribution in [1.29, 1.82) is 0 Å². The number of carbonyl (C=O) groups excluding carboxylic acids is 1. The summed E-state index contributed by atoms with van der Waals surface area (Å²) in [5.41, 5.74) is 5.82. The van der Waals surface area contributed by atoms with Crippen LogP contribution in [-0.4, -0.2) is 42.1 Å². The van der Waals surface area contributed by atoms with Gasteiger partial charge < -0.3 is 15.4 Å². The lowest BCUT2D eigenvalue weighted by atomic mass is 10.1. The summed E-state index contributed by atoms with van der Waals surface area (Å²) >= 11 is 0. The van der Waals surface area contributed by atoms with E-state index in [-0.39, 0.29) is 24.2 Å². The maximum absolute atomic E-state index is 11.9. The van der Waals surface area contributed by atoms with E-state index >= 15 is 0 Å². The van der Waals surface area contributed by atoms with Gasteiger partial charge in [0.25, 0.3) is 0 Å². The lowest BCUT2D eigenvalue weighted by molar-refractivity contribution is -0.144. The first kappa shape index (κ1) is 12.5. The molecule has 1 rings (SSSR count). The van der Waals surface area contributed by atoms with Crippen molar-refractivity contribution in [2.24, 2.45) is 5.73 Å². The maximum Gasteiger partial charge on any atom is 0.239 e. The Morgan fingerprint density at radius 2 is 2.00 bits per heavy atom. The predicted molar refractivity (Wildman–Crippen MR) is 59.5 cm³/mol. The second-order valence-electron chi connectivity index (χ2n) is 4.40. The zero-order chi connectivity index (χ0) is 11.4. The molecule has 0 aromatic heterocycles. The van der Waals surface area contributed by atoms with Gasteiger partial charge in [-0.3, -0.25) is 4.79 Å². The van der Waals surface area contributed by atoms with Crippen LogP contribution in [0.4, 0.5) is 0 Å². The number of rotatable bonds is 3. The predicted octanol–water partition coefficient (Wildman–Crippen LogP) is 0.750. The van der Waals surface area contributed by atoms with Gasteiger partial charge in [0.05, 0.1) is 18.2 Å². The first-order valence-corrected chi connectivity index (χ1v) is 5.74. The number of hydrogen-bond acceptors (Lipinski definition) is 3. The Bertz CT molecular complexity index is 211. The molecular weight excluding hydrogens is 192 g/mol. The molecule has 15 heavy (non-hydrogen) atoms. The second-order valence-corrected chi connectivity index (χ2v) is 4.40. The highest BCUT2D eigenvalue weighted by atomic mass is 16.5. The monoisotopic (exact) mass is 214 g/mol. The smallest absolute Gasteiger partial charge is 0.239 e. The van der Waals surface area contributed by atoms with Gasteiger partial charge in [0.1, 0.15) is 0 Å². The molecule has 2 N–H and O–H groups in total. The molecule has 0 bridgehead atoms. The van der Waals surface area contributed by atoms with E-state index in [0.717, 1.165) is 12.8 Å². The standard InChI is InChI=1S/C11H22N2O2/c1-4-5-10(12)11(14)13-6-8(2)15-9(3)7-13/h8-10H,4-7,12H2,1-3H3. The first-order chi connectivity index (χ1) is 7.04. The summed E-state index contributed by atoms with van der Waals surface area (Å²) in [7, 11) is 0. The Morgan fingerprint density at radius 3 is 2.47 bits per heavy atom. The minimum absolute atomic E-state index is 0.0684. The van der Waals surface area contributed by atoms with Gasteiger partial charge in [0.2, 0.25) is 5.91 Å². The molecule has 3 unspecified atom stereocenters. The van der Waals surface area contributed by atoms with Gasteiger partial charge in [-0.15, -0.1) is 0 Å². The minimum Gasteiger partial charge on any atom is -0.372 e. The minimum atomic E-state index is -0.340. The van der Waals surface area contributed by atoms with Crippen molar-refractivity contribution in [1.82, 2.24) is 4.90 Å². The lowest BCUT2D eigenvalue weighted by Crippen LogP contribution is -2.53. The van der Waals surface area contributed by atoms with E-state index in [0.29, 0.717) is 13.1 Å². The van der Waals surface area contributed by atoms with Crippen molar-refractivity contribution < 1.29 is 9.53 Å². The summed E-state index contributed by atoms with van der Waals surface area (Å²) in [4.78, 5) is 13.8. The number of ether oxygens (including phenoxy) is 1. The van der Waals surface area contributed by atoms with Crippen LogP contribution in [0.15, 0.2) is 0 Å². The molecule has 1 aliphatic rings. The molecule has 0 aromatic carbocycles. The van der Waals surface area contributed by atoms with Crippen molar-refractivity contribution in [2.75, 3.05) is 13.1 Å². The van der Waals surface area contributed by atoms with Crippen molar-refractivity contribution in [3.63, 3.8) is 0 Å². The molecule has 3 atom stereocenters. The third-order valence-corrected chi connectivity index (χ3v) is 2.65. The van der Waals surface area contributed by atoms with E-state index in [2.05, 4.69) is 0 Å². The fraction of sp³-hybridized carbons (Fsp3) is 0.909. The molecule has 1 heterocycles. The normalized spacial score (nSPS) is 28.9. The Labute approximate surface area is 91.8 Å². The molecule has 88 valence electrons. The van der Waals surface area contributed by atoms with Crippen LogP contribution < -0.4 is 5.73 Å². The average Bonchev–Trinajstić information content (AvgIpc) is 2.15. The molecule has 0 saturated carbocycles. The number of hydrogen-bond donors (Lipinski definition) is 1. The molecule has 4 nitrogen and oxygen atoms in total. The number of carbonyl (C=O) groups is 1. The highest BCUT2D eigenvalue weighted by Crippen LogP contribution is 2.12. The van der Waals surface area contributed by atoms with Gasteiger partial charge in [-0.2, -0.15) is 0 Å². The van der Waals surface area contributed by atoms with E-state index in [1.54, 1.807) is 0 Å². The molecule has 4 heteroatoms. The van der Waals surface area contributed by atoms with Gasteiger partial charge in [-0.1, -0.05) is 13.3 Å². The molecular formula is C11H22N2O2. The maximum atomic E-state index is 11.9. The fourth-order valence-corrected chi connectivity index (χ4v) is 2.03. The van der Waals surface area contributed by atoms with Crippen LogP contribution in [0.3, 0.4) is 0 Å². The molecule has 1 saturated heterocycles. The number of nitrogens with two attached hydrogens (primary N) is 1. The zero-order valence-corrected chi connectivity index (χ0v) is 9.90. The van der Waals surface area contributed by atoms with Crippen LogP contribution in [0.5, 0.6) is 0 Å². The Hall–Kier alpha value is -0.610. The summed E-state index contributed by atoms with van der Waals surface area (Å²) in [6.07, 6.45) is 1.94. The molecule has 0 spiro atoms. The third kappa shape index (κ3) is 3.47. The van der Waals surface area contributed by atoms with Crippen LogP contribution in [0.2, 0.25) is 0 Å². The zero-order valence-electron chi connectivity index (χ0n) is 9.90. The first-order valence-electron chi connectivity index (χ1n) is 5.74. The van der Waals surface area contributed by atoms with Crippen LogP contribution in [0.1, 0.15) is 33.6 Å². The van der Waals surface area contributed by atoms with Crippen molar-refractivity contribution in [3.05, 3.63) is 0 Å². The summed E-state index contributed by atoms with van der Waals surface area (Å²) < 4.78 is 5.57. The highest BCUT2D eigenvalue weighted by Gasteiger charge is 2.28. The number of nitrogens with zero attached hydrogens (tertiary/aromatic N) is 1. The van der Waals surface area contributed by atoms with Crippen LogP contribution >= 0.6 is 0 Å². The van der Waals surface area contributed by atoms with Gasteiger partial charge >= 0.3 is 0 Å². The highest BCUT2D eigenvalue weighted by molar-refractivity contribution is 5.81. The fourth-order valence-electron chi connectivity index (χ4n) is 2.03. The lowest BCUT2D eigenvalue weighted by Gasteiger charge is -2.36. The third-order valence-electron chi connectivity index (χ3n) is 2.65. The largest absolute Gasteiger partial charge is 0.372 e. The quantitative estimate of drug-likeness (QED) is 0.754. The van der Waals surface area contributed by atoms with E-state index in [9.17, 15) is 4.79 Å². The Balaban J connectivity index is 2.51.